The van der Waals surface area contributed by atoms with Crippen molar-refractivity contribution in [1.82, 2.24) is 4.72 Å². The zero-order chi connectivity index (χ0) is 7.28. The maximum Gasteiger partial charge on any atom is 0.261 e. The standard InChI is InChI=1S/C5H11NO2S/c1-3-4-5(7)6-9(2)8/h3-4H2,1-2H3,(H,6,7). The van der Waals surface area contributed by atoms with E-state index < -0.39 is 11.4 Å². The first-order valence-electron chi connectivity index (χ1n) is 2.79. The fourth-order valence-corrected chi connectivity index (χ4v) is 0.861. The van der Waals surface area contributed by atoms with Crippen LogP contribution < -0.4 is 4.72 Å². The summed E-state index contributed by atoms with van der Waals surface area (Å²) in [5.41, 5.74) is 0. The Kier molecular flexibility index (Phi) is 4.53. The highest BCUT2D eigenvalue weighted by atomic mass is 32.2. The van der Waals surface area contributed by atoms with Crippen molar-refractivity contribution >= 4 is 17.3 Å². The second-order valence-corrected chi connectivity index (χ2v) is 2.84. The molecule has 0 aromatic carbocycles. The minimum Gasteiger partial charge on any atom is -0.593 e. The first-order chi connectivity index (χ1) is 4.16. The number of nitrogens with one attached hydrogen (secondary N) is 1. The Morgan fingerprint density at radius 3 is 2.67 bits per heavy atom. The summed E-state index contributed by atoms with van der Waals surface area (Å²) in [7, 11) is 0. The zero-order valence-corrected chi connectivity index (χ0v) is 6.46. The zero-order valence-electron chi connectivity index (χ0n) is 5.64. The fourth-order valence-electron chi connectivity index (χ4n) is 0.438. The molecule has 1 N–H and O–H groups in total. The van der Waals surface area contributed by atoms with E-state index in [9.17, 15) is 9.35 Å². The maximum atomic E-state index is 10.5. The lowest BCUT2D eigenvalue weighted by Crippen LogP contribution is -2.28. The number of hydrogen-bond acceptors (Lipinski definition) is 2. The number of amides is 1. The van der Waals surface area contributed by atoms with Gasteiger partial charge in [0.05, 0.1) is 11.4 Å². The van der Waals surface area contributed by atoms with Crippen LogP contribution in [0.15, 0.2) is 0 Å². The van der Waals surface area contributed by atoms with Crippen molar-refractivity contribution < 1.29 is 9.35 Å². The summed E-state index contributed by atoms with van der Waals surface area (Å²) >= 11 is -1.20. The van der Waals surface area contributed by atoms with Gasteiger partial charge in [0.1, 0.15) is 6.26 Å². The summed E-state index contributed by atoms with van der Waals surface area (Å²) in [6.45, 7) is 1.90. The molecule has 0 heterocycles. The Hall–Kier alpha value is -0.220. The van der Waals surface area contributed by atoms with Crippen LogP contribution in [-0.2, 0) is 16.2 Å². The molecule has 0 rings (SSSR count). The van der Waals surface area contributed by atoms with Gasteiger partial charge in [-0.15, -0.1) is 0 Å². The molecular formula is C5H11NO2S. The minimum absolute atomic E-state index is 0.140. The van der Waals surface area contributed by atoms with Crippen LogP contribution in [0.5, 0.6) is 0 Å². The van der Waals surface area contributed by atoms with E-state index in [1.54, 1.807) is 0 Å². The van der Waals surface area contributed by atoms with Crippen LogP contribution in [0.3, 0.4) is 0 Å². The van der Waals surface area contributed by atoms with Crippen molar-refractivity contribution in [3.8, 4) is 0 Å². The molecule has 0 bridgehead atoms. The largest absolute Gasteiger partial charge is 0.593 e. The van der Waals surface area contributed by atoms with E-state index in [-0.39, 0.29) is 5.91 Å². The SMILES string of the molecule is CCCC(=O)N[S+](C)[O-]. The normalized spacial score (nSPS) is 12.8. The van der Waals surface area contributed by atoms with E-state index in [0.717, 1.165) is 6.42 Å². The van der Waals surface area contributed by atoms with E-state index in [1.807, 2.05) is 6.92 Å². The van der Waals surface area contributed by atoms with Crippen molar-refractivity contribution in [2.45, 2.75) is 19.8 Å². The molecule has 0 radical (unpaired) electrons. The monoisotopic (exact) mass is 149 g/mol. The summed E-state index contributed by atoms with van der Waals surface area (Å²) in [6.07, 6.45) is 2.69. The molecule has 0 saturated carbocycles. The average molecular weight is 149 g/mol. The highest BCUT2D eigenvalue weighted by Gasteiger charge is 2.02. The van der Waals surface area contributed by atoms with E-state index in [1.165, 1.54) is 6.26 Å². The van der Waals surface area contributed by atoms with Crippen molar-refractivity contribution in [2.75, 3.05) is 6.26 Å². The molecule has 4 heteroatoms. The molecule has 1 atom stereocenters. The average Bonchev–Trinajstić information content (AvgIpc) is 1.63. The topological polar surface area (TPSA) is 52.2 Å². The molecule has 0 aliphatic rings. The second kappa shape index (κ2) is 4.64. The Labute approximate surface area is 58.1 Å². The number of carbonyl (C=O) groups excluding carboxylic acids is 1. The predicted octanol–water partition coefficient (Wildman–Crippen LogP) is 0.196. The fraction of sp³-hybridized carbons (Fsp3) is 0.800. The molecule has 9 heavy (non-hydrogen) atoms. The van der Waals surface area contributed by atoms with Gasteiger partial charge in [-0.05, 0) is 6.42 Å². The van der Waals surface area contributed by atoms with Gasteiger partial charge < -0.3 is 4.55 Å². The van der Waals surface area contributed by atoms with Gasteiger partial charge in [0.15, 0.2) is 0 Å². The first-order valence-corrected chi connectivity index (χ1v) is 4.35. The van der Waals surface area contributed by atoms with Gasteiger partial charge in [0.25, 0.3) is 5.91 Å². The third-order valence-corrected chi connectivity index (χ3v) is 1.25. The quantitative estimate of drug-likeness (QED) is 0.583. The highest BCUT2D eigenvalue weighted by molar-refractivity contribution is 7.89. The first kappa shape index (κ1) is 8.78. The maximum absolute atomic E-state index is 10.5. The Morgan fingerprint density at radius 1 is 1.78 bits per heavy atom. The Balaban J connectivity index is 3.27. The number of hydrogen-bond donors (Lipinski definition) is 1. The van der Waals surface area contributed by atoms with Gasteiger partial charge in [0, 0.05) is 6.42 Å². The molecule has 0 fully saturated rings. The Bertz CT molecular complexity index is 95.0. The lowest BCUT2D eigenvalue weighted by atomic mass is 10.3. The molecule has 0 aliphatic heterocycles. The van der Waals surface area contributed by atoms with Gasteiger partial charge in [-0.2, -0.15) is 4.72 Å². The molecule has 0 aliphatic carbocycles. The number of rotatable bonds is 3. The Morgan fingerprint density at radius 2 is 2.33 bits per heavy atom. The van der Waals surface area contributed by atoms with Gasteiger partial charge in [-0.25, -0.2) is 0 Å². The molecule has 1 amide bonds. The second-order valence-electron chi connectivity index (χ2n) is 1.73. The molecular weight excluding hydrogens is 138 g/mol. The lowest BCUT2D eigenvalue weighted by molar-refractivity contribution is -0.119. The lowest BCUT2D eigenvalue weighted by Gasteiger charge is -2.03. The molecule has 0 spiro atoms. The predicted molar refractivity (Wildman–Crippen MR) is 37.1 cm³/mol. The summed E-state index contributed by atoms with van der Waals surface area (Å²) in [5, 5.41) is 0. The van der Waals surface area contributed by atoms with Crippen LogP contribution in [0.4, 0.5) is 0 Å². The number of carbonyl (C=O) groups is 1. The summed E-state index contributed by atoms with van der Waals surface area (Å²) in [5.74, 6) is -0.140. The van der Waals surface area contributed by atoms with Crippen molar-refractivity contribution in [3.63, 3.8) is 0 Å². The molecule has 3 nitrogen and oxygen atoms in total. The summed E-state index contributed by atoms with van der Waals surface area (Å²) in [4.78, 5) is 10.5. The van der Waals surface area contributed by atoms with Crippen LogP contribution in [0.1, 0.15) is 19.8 Å². The minimum atomic E-state index is -1.20. The smallest absolute Gasteiger partial charge is 0.261 e. The van der Waals surface area contributed by atoms with Crippen molar-refractivity contribution in [2.24, 2.45) is 0 Å². The molecule has 1 unspecified atom stereocenters. The van der Waals surface area contributed by atoms with E-state index in [0.29, 0.717) is 6.42 Å². The molecule has 0 aromatic rings. The highest BCUT2D eigenvalue weighted by Crippen LogP contribution is 1.86. The van der Waals surface area contributed by atoms with Crippen LogP contribution in [0.25, 0.3) is 0 Å². The van der Waals surface area contributed by atoms with E-state index >= 15 is 0 Å². The summed E-state index contributed by atoms with van der Waals surface area (Å²) in [6, 6.07) is 0. The van der Waals surface area contributed by atoms with Crippen LogP contribution >= 0.6 is 0 Å². The van der Waals surface area contributed by atoms with Crippen LogP contribution in [-0.4, -0.2) is 16.7 Å². The van der Waals surface area contributed by atoms with Gasteiger partial charge in [0.2, 0.25) is 0 Å². The third-order valence-electron chi connectivity index (χ3n) is 0.735. The van der Waals surface area contributed by atoms with E-state index in [4.69, 9.17) is 0 Å². The van der Waals surface area contributed by atoms with Crippen LogP contribution in [0.2, 0.25) is 0 Å². The van der Waals surface area contributed by atoms with Gasteiger partial charge in [-0.1, -0.05) is 6.92 Å². The van der Waals surface area contributed by atoms with Gasteiger partial charge >= 0.3 is 0 Å². The van der Waals surface area contributed by atoms with Crippen LogP contribution in [0, 0.1) is 0 Å². The molecule has 0 aromatic heterocycles. The van der Waals surface area contributed by atoms with Crippen molar-refractivity contribution in [3.05, 3.63) is 0 Å². The van der Waals surface area contributed by atoms with Gasteiger partial charge in [-0.3, -0.25) is 4.79 Å². The van der Waals surface area contributed by atoms with E-state index in [2.05, 4.69) is 4.72 Å². The summed E-state index contributed by atoms with van der Waals surface area (Å²) < 4.78 is 12.6. The third kappa shape index (κ3) is 5.65. The van der Waals surface area contributed by atoms with Crippen molar-refractivity contribution in [1.29, 1.82) is 0 Å². The molecule has 54 valence electrons. The molecule has 0 saturated heterocycles.